The summed E-state index contributed by atoms with van der Waals surface area (Å²) in [4.78, 5) is 26.7. The zero-order chi connectivity index (χ0) is 15.4. The van der Waals surface area contributed by atoms with Gasteiger partial charge < -0.3 is 20.7 Å². The first-order chi connectivity index (χ1) is 9.99. The molecule has 0 aliphatic carbocycles. The van der Waals surface area contributed by atoms with E-state index in [0.29, 0.717) is 11.4 Å². The van der Waals surface area contributed by atoms with Crippen LogP contribution >= 0.6 is 11.8 Å². The smallest absolute Gasteiger partial charge is 0.354 e. The lowest BCUT2D eigenvalue weighted by Gasteiger charge is -2.07. The molecule has 1 aromatic carbocycles. The van der Waals surface area contributed by atoms with Crippen LogP contribution in [-0.2, 0) is 0 Å². The fraction of sp³-hybridized carbons (Fsp3) is 0.143. The number of nitrogens with one attached hydrogen (secondary N) is 3. The molecule has 0 spiro atoms. The average Bonchev–Trinajstić information content (AvgIpc) is 2.80. The van der Waals surface area contributed by atoms with Gasteiger partial charge in [-0.25, -0.2) is 9.59 Å². The second kappa shape index (κ2) is 6.36. The molecule has 6 nitrogen and oxygen atoms in total. The number of urea groups is 1. The van der Waals surface area contributed by atoms with Crippen molar-refractivity contribution in [3.05, 3.63) is 41.7 Å². The maximum atomic E-state index is 11.9. The summed E-state index contributed by atoms with van der Waals surface area (Å²) < 4.78 is 0. The first-order valence-corrected chi connectivity index (χ1v) is 7.37. The number of carbonyl (C=O) groups is 2. The number of thioether (sulfide) groups is 1. The van der Waals surface area contributed by atoms with E-state index in [4.69, 9.17) is 5.11 Å². The number of aryl methyl sites for hydroxylation is 1. The second-order valence-corrected chi connectivity index (χ2v) is 5.23. The molecule has 0 aliphatic heterocycles. The number of hydrogen-bond donors (Lipinski definition) is 4. The van der Waals surface area contributed by atoms with E-state index in [2.05, 4.69) is 15.6 Å². The first kappa shape index (κ1) is 15.0. The summed E-state index contributed by atoms with van der Waals surface area (Å²) in [6.45, 7) is 1.72. The molecule has 0 unspecified atom stereocenters. The quantitative estimate of drug-likeness (QED) is 0.651. The maximum absolute atomic E-state index is 11.9. The molecule has 7 heteroatoms. The number of carbonyl (C=O) groups excluding carboxylic acids is 1. The summed E-state index contributed by atoms with van der Waals surface area (Å²) in [6, 6.07) is 8.43. The van der Waals surface area contributed by atoms with Crippen LogP contribution in [0.4, 0.5) is 16.2 Å². The number of aromatic nitrogens is 1. The van der Waals surface area contributed by atoms with Crippen LogP contribution in [0.15, 0.2) is 35.2 Å². The third kappa shape index (κ3) is 3.79. The summed E-state index contributed by atoms with van der Waals surface area (Å²) >= 11 is 1.61. The highest BCUT2D eigenvalue weighted by Crippen LogP contribution is 2.19. The largest absolute Gasteiger partial charge is 0.477 e. The predicted molar refractivity (Wildman–Crippen MR) is 83.4 cm³/mol. The number of carboxylic acid groups (broad SMARTS) is 1. The lowest BCUT2D eigenvalue weighted by Crippen LogP contribution is -2.20. The highest BCUT2D eigenvalue weighted by atomic mass is 32.2. The van der Waals surface area contributed by atoms with Crippen LogP contribution in [0.2, 0.25) is 0 Å². The first-order valence-electron chi connectivity index (χ1n) is 6.14. The Labute approximate surface area is 125 Å². The van der Waals surface area contributed by atoms with Crippen molar-refractivity contribution in [3.8, 4) is 0 Å². The highest BCUT2D eigenvalue weighted by Gasteiger charge is 2.15. The number of H-pyrrole nitrogens is 1. The van der Waals surface area contributed by atoms with Crippen molar-refractivity contribution in [2.75, 3.05) is 16.9 Å². The van der Waals surface area contributed by atoms with Crippen molar-refractivity contribution in [2.45, 2.75) is 11.8 Å². The molecule has 0 bridgehead atoms. The minimum atomic E-state index is -1.12. The molecular formula is C14H15N3O3S. The molecule has 0 atom stereocenters. The van der Waals surface area contributed by atoms with Crippen molar-refractivity contribution >= 4 is 35.1 Å². The molecule has 2 amide bonds. The third-order valence-electron chi connectivity index (χ3n) is 2.76. The number of aromatic amines is 1. The van der Waals surface area contributed by atoms with Gasteiger partial charge in [0.15, 0.2) is 0 Å². The van der Waals surface area contributed by atoms with E-state index in [1.165, 1.54) is 0 Å². The minimum absolute atomic E-state index is 0.0413. The van der Waals surface area contributed by atoms with Crippen LogP contribution in [0, 0.1) is 6.92 Å². The standard InChI is InChI=1S/C14H15N3O3S/c1-8-7-11(12(15-8)13(18)19)17-14(20)16-9-3-5-10(21-2)6-4-9/h3-7,15H,1-2H3,(H,18,19)(H2,16,17,20). The van der Waals surface area contributed by atoms with Gasteiger partial charge in [-0.2, -0.15) is 0 Å². The Hall–Kier alpha value is -2.41. The molecule has 4 N–H and O–H groups in total. The van der Waals surface area contributed by atoms with E-state index in [1.807, 2.05) is 18.4 Å². The maximum Gasteiger partial charge on any atom is 0.354 e. The summed E-state index contributed by atoms with van der Waals surface area (Å²) in [7, 11) is 0. The summed E-state index contributed by atoms with van der Waals surface area (Å²) in [6.07, 6.45) is 1.97. The topological polar surface area (TPSA) is 94.2 Å². The molecule has 110 valence electrons. The Kier molecular flexibility index (Phi) is 4.54. The van der Waals surface area contributed by atoms with Gasteiger partial charge in [0.2, 0.25) is 0 Å². The minimum Gasteiger partial charge on any atom is -0.477 e. The molecule has 1 heterocycles. The van der Waals surface area contributed by atoms with E-state index >= 15 is 0 Å². The highest BCUT2D eigenvalue weighted by molar-refractivity contribution is 7.98. The molecule has 0 saturated carbocycles. The fourth-order valence-electron chi connectivity index (χ4n) is 1.82. The monoisotopic (exact) mass is 305 g/mol. The average molecular weight is 305 g/mol. The van der Waals surface area contributed by atoms with Crippen molar-refractivity contribution in [3.63, 3.8) is 0 Å². The summed E-state index contributed by atoms with van der Waals surface area (Å²) in [5, 5.41) is 14.2. The van der Waals surface area contributed by atoms with Gasteiger partial charge in [0.1, 0.15) is 5.69 Å². The number of hydrogen-bond acceptors (Lipinski definition) is 3. The molecule has 2 aromatic rings. The van der Waals surface area contributed by atoms with Gasteiger partial charge in [0.05, 0.1) is 5.69 Å². The second-order valence-electron chi connectivity index (χ2n) is 4.35. The predicted octanol–water partition coefficient (Wildman–Crippen LogP) is 3.39. The van der Waals surface area contributed by atoms with Crippen molar-refractivity contribution in [2.24, 2.45) is 0 Å². The van der Waals surface area contributed by atoms with Crippen LogP contribution in [0.25, 0.3) is 0 Å². The lowest BCUT2D eigenvalue weighted by atomic mass is 10.3. The van der Waals surface area contributed by atoms with Gasteiger partial charge in [-0.3, -0.25) is 0 Å². The Bertz CT molecular complexity index is 665. The van der Waals surface area contributed by atoms with Gasteiger partial charge in [0.25, 0.3) is 0 Å². The van der Waals surface area contributed by atoms with Crippen molar-refractivity contribution in [1.82, 2.24) is 4.98 Å². The van der Waals surface area contributed by atoms with Gasteiger partial charge in [0, 0.05) is 16.3 Å². The van der Waals surface area contributed by atoms with Crippen LogP contribution < -0.4 is 10.6 Å². The van der Waals surface area contributed by atoms with Gasteiger partial charge in [-0.15, -0.1) is 11.8 Å². The number of aromatic carboxylic acids is 1. The van der Waals surface area contributed by atoms with Crippen molar-refractivity contribution < 1.29 is 14.7 Å². The number of amides is 2. The zero-order valence-corrected chi connectivity index (χ0v) is 12.4. The molecule has 2 rings (SSSR count). The Morgan fingerprint density at radius 1 is 1.19 bits per heavy atom. The number of anilines is 2. The zero-order valence-electron chi connectivity index (χ0n) is 11.6. The van der Waals surface area contributed by atoms with Crippen molar-refractivity contribution in [1.29, 1.82) is 0 Å². The SMILES string of the molecule is CSc1ccc(NC(=O)Nc2cc(C)[nH]c2C(=O)O)cc1. The Balaban J connectivity index is 2.06. The van der Waals surface area contributed by atoms with E-state index in [1.54, 1.807) is 36.9 Å². The third-order valence-corrected chi connectivity index (χ3v) is 3.51. The molecule has 21 heavy (non-hydrogen) atoms. The molecule has 0 saturated heterocycles. The Morgan fingerprint density at radius 3 is 2.43 bits per heavy atom. The van der Waals surface area contributed by atoms with Crippen LogP contribution in [0.1, 0.15) is 16.2 Å². The molecular weight excluding hydrogens is 290 g/mol. The summed E-state index contributed by atoms with van der Waals surface area (Å²) in [5.41, 5.74) is 1.49. The van der Waals surface area contributed by atoms with Crippen LogP contribution in [0.5, 0.6) is 0 Å². The normalized spacial score (nSPS) is 10.2. The van der Waals surface area contributed by atoms with Crippen LogP contribution in [0.3, 0.4) is 0 Å². The van der Waals surface area contributed by atoms with Gasteiger partial charge in [-0.1, -0.05) is 0 Å². The lowest BCUT2D eigenvalue weighted by molar-refractivity contribution is 0.0692. The molecule has 0 aliphatic rings. The number of carboxylic acids is 1. The molecule has 0 fully saturated rings. The molecule has 1 aromatic heterocycles. The van der Waals surface area contributed by atoms with E-state index in [0.717, 1.165) is 4.90 Å². The van der Waals surface area contributed by atoms with E-state index in [9.17, 15) is 9.59 Å². The number of benzene rings is 1. The fourth-order valence-corrected chi connectivity index (χ4v) is 2.22. The molecule has 0 radical (unpaired) electrons. The van der Waals surface area contributed by atoms with E-state index < -0.39 is 12.0 Å². The summed E-state index contributed by atoms with van der Waals surface area (Å²) in [5.74, 6) is -1.12. The van der Waals surface area contributed by atoms with Gasteiger partial charge >= 0.3 is 12.0 Å². The number of rotatable bonds is 4. The Morgan fingerprint density at radius 2 is 1.86 bits per heavy atom. The van der Waals surface area contributed by atoms with E-state index in [-0.39, 0.29) is 11.4 Å². The van der Waals surface area contributed by atoms with Gasteiger partial charge in [-0.05, 0) is 43.5 Å². The van der Waals surface area contributed by atoms with Crippen LogP contribution in [-0.4, -0.2) is 28.3 Å².